The van der Waals surface area contributed by atoms with Crippen LogP contribution in [0.1, 0.15) is 199 Å². The molecule has 0 spiro atoms. The first kappa shape index (κ1) is 38.6. The molecule has 0 atom stereocenters. The maximum Gasteiger partial charge on any atom is 0.325 e. The van der Waals surface area contributed by atoms with Gasteiger partial charge in [-0.3, -0.25) is 9.36 Å². The fourth-order valence-corrected chi connectivity index (χ4v) is 6.18. The molecule has 0 heterocycles. The summed E-state index contributed by atoms with van der Waals surface area (Å²) in [5.74, 6) is -0.658. The van der Waals surface area contributed by atoms with Crippen molar-refractivity contribution in [2.24, 2.45) is 0 Å². The van der Waals surface area contributed by atoms with Crippen molar-refractivity contribution in [1.29, 1.82) is 0 Å². The highest BCUT2D eigenvalue weighted by Crippen LogP contribution is 2.35. The van der Waals surface area contributed by atoms with Crippen LogP contribution in [0.3, 0.4) is 0 Å². The van der Waals surface area contributed by atoms with Gasteiger partial charge in [0.05, 0.1) is 0 Å². The summed E-state index contributed by atoms with van der Waals surface area (Å²) in [7, 11) is -3.78. The predicted molar refractivity (Wildman–Crippen MR) is 168 cm³/mol. The van der Waals surface area contributed by atoms with E-state index in [9.17, 15) is 9.36 Å². The Morgan fingerprint density at radius 2 is 0.538 bits per heavy atom. The van der Waals surface area contributed by atoms with Crippen molar-refractivity contribution in [2.75, 3.05) is 6.16 Å². The lowest BCUT2D eigenvalue weighted by Gasteiger charge is -2.05. The minimum absolute atomic E-state index is 0.0537. The number of carbonyl (C=O) groups is 1. The second-order valence-corrected chi connectivity index (χ2v) is 13.9. The summed E-state index contributed by atoms with van der Waals surface area (Å²) in [6.45, 7) is 0. The van der Waals surface area contributed by atoms with Gasteiger partial charge in [-0.05, 0) is 12.8 Å². The van der Waals surface area contributed by atoms with E-state index in [4.69, 9.17) is 14.9 Å². The van der Waals surface area contributed by atoms with E-state index in [2.05, 4.69) is 0 Å². The monoisotopic (exact) mass is 574 g/mol. The fourth-order valence-electron chi connectivity index (χ4n) is 5.54. The Morgan fingerprint density at radius 1 is 0.359 bits per heavy atom. The first-order valence-corrected chi connectivity index (χ1v) is 19.0. The standard InChI is InChI=1S/C33H67O5P/c34-33(35)31-29-27-25-23-21-19-17-15-13-11-9-7-5-3-1-2-4-6-8-10-12-14-16-18-20-22-24-26-28-30-32-39(36,37)38/h1-32H2,(H,34,35)(H2,36,37,38). The molecule has 0 unspecified atom stereocenters. The number of rotatable bonds is 33. The van der Waals surface area contributed by atoms with Gasteiger partial charge in [0.15, 0.2) is 0 Å². The van der Waals surface area contributed by atoms with Crippen molar-refractivity contribution in [3.63, 3.8) is 0 Å². The van der Waals surface area contributed by atoms with Crippen LogP contribution in [-0.2, 0) is 9.36 Å². The highest BCUT2D eigenvalue weighted by Gasteiger charge is 2.10. The molecule has 0 aromatic heterocycles. The molecule has 5 nitrogen and oxygen atoms in total. The van der Waals surface area contributed by atoms with E-state index in [0.717, 1.165) is 25.7 Å². The zero-order chi connectivity index (χ0) is 28.7. The third kappa shape index (κ3) is 37.6. The van der Waals surface area contributed by atoms with Gasteiger partial charge in [0, 0.05) is 12.6 Å². The topological polar surface area (TPSA) is 94.8 Å². The molecule has 0 aromatic carbocycles. The highest BCUT2D eigenvalue weighted by atomic mass is 31.2. The third-order valence-corrected chi connectivity index (χ3v) is 8.99. The van der Waals surface area contributed by atoms with Gasteiger partial charge in [0.1, 0.15) is 0 Å². The SMILES string of the molecule is O=C(O)CCCCCCCCCCCCCCCCCCCCCCCCCCCCCCCCP(=O)(O)O. The van der Waals surface area contributed by atoms with Gasteiger partial charge in [-0.25, -0.2) is 0 Å². The predicted octanol–water partition coefficient (Wildman–Crippen LogP) is 11.3. The first-order valence-electron chi connectivity index (χ1n) is 17.2. The van der Waals surface area contributed by atoms with E-state index in [-0.39, 0.29) is 6.16 Å². The number of hydrogen-bond acceptors (Lipinski definition) is 2. The van der Waals surface area contributed by atoms with Crippen LogP contribution in [0.2, 0.25) is 0 Å². The van der Waals surface area contributed by atoms with Gasteiger partial charge in [-0.1, -0.05) is 180 Å². The van der Waals surface area contributed by atoms with Crippen molar-refractivity contribution in [3.05, 3.63) is 0 Å². The summed E-state index contributed by atoms with van der Waals surface area (Å²) in [4.78, 5) is 28.1. The zero-order valence-electron chi connectivity index (χ0n) is 25.7. The highest BCUT2D eigenvalue weighted by molar-refractivity contribution is 7.51. The normalized spacial score (nSPS) is 11.8. The Balaban J connectivity index is 3.06. The van der Waals surface area contributed by atoms with E-state index in [1.807, 2.05) is 0 Å². The molecule has 0 amide bonds. The molecule has 0 aliphatic carbocycles. The second-order valence-electron chi connectivity index (χ2n) is 12.1. The first-order chi connectivity index (χ1) is 18.9. The Hall–Kier alpha value is -0.380. The van der Waals surface area contributed by atoms with Crippen LogP contribution in [-0.4, -0.2) is 27.0 Å². The van der Waals surface area contributed by atoms with Crippen LogP contribution < -0.4 is 0 Å². The van der Waals surface area contributed by atoms with Gasteiger partial charge >= 0.3 is 13.6 Å². The van der Waals surface area contributed by atoms with Crippen LogP contribution in [0.4, 0.5) is 0 Å². The number of carboxylic acids is 1. The van der Waals surface area contributed by atoms with Crippen molar-refractivity contribution in [2.45, 2.75) is 199 Å². The summed E-state index contributed by atoms with van der Waals surface area (Å²) >= 11 is 0. The molecule has 39 heavy (non-hydrogen) atoms. The molecule has 0 saturated heterocycles. The van der Waals surface area contributed by atoms with E-state index in [0.29, 0.717) is 12.8 Å². The molecule has 0 aromatic rings. The Morgan fingerprint density at radius 3 is 0.718 bits per heavy atom. The third-order valence-electron chi connectivity index (χ3n) is 8.09. The van der Waals surface area contributed by atoms with Crippen molar-refractivity contribution >= 4 is 13.6 Å². The van der Waals surface area contributed by atoms with Gasteiger partial charge in [0.2, 0.25) is 0 Å². The number of carboxylic acid groups (broad SMARTS) is 1. The molecule has 0 bridgehead atoms. The molecule has 0 aliphatic heterocycles. The lowest BCUT2D eigenvalue weighted by molar-refractivity contribution is -0.137. The molecule has 0 aliphatic rings. The van der Waals surface area contributed by atoms with E-state index in [1.54, 1.807) is 0 Å². The zero-order valence-corrected chi connectivity index (χ0v) is 26.6. The largest absolute Gasteiger partial charge is 0.481 e. The van der Waals surface area contributed by atoms with Crippen molar-refractivity contribution < 1.29 is 24.3 Å². The van der Waals surface area contributed by atoms with E-state index < -0.39 is 13.6 Å². The molecule has 0 rings (SSSR count). The Labute approximate surface area is 242 Å². The summed E-state index contributed by atoms with van der Waals surface area (Å²) in [5.41, 5.74) is 0. The lowest BCUT2D eigenvalue weighted by atomic mass is 10.0. The van der Waals surface area contributed by atoms with Gasteiger partial charge in [0.25, 0.3) is 0 Å². The van der Waals surface area contributed by atoms with Crippen molar-refractivity contribution in [1.82, 2.24) is 0 Å². The number of unbranched alkanes of at least 4 members (excludes halogenated alkanes) is 29. The number of aliphatic carboxylic acids is 1. The molecule has 234 valence electrons. The average Bonchev–Trinajstić information content (AvgIpc) is 2.88. The fraction of sp³-hybridized carbons (Fsp3) is 0.970. The minimum atomic E-state index is -3.78. The average molecular weight is 575 g/mol. The van der Waals surface area contributed by atoms with E-state index >= 15 is 0 Å². The maximum atomic E-state index is 10.8. The second kappa shape index (κ2) is 30.6. The quantitative estimate of drug-likeness (QED) is 0.0535. The van der Waals surface area contributed by atoms with Crippen LogP contribution in [0.5, 0.6) is 0 Å². The van der Waals surface area contributed by atoms with Crippen LogP contribution >= 0.6 is 7.60 Å². The maximum absolute atomic E-state index is 10.8. The Bertz CT molecular complexity index is 548. The van der Waals surface area contributed by atoms with Gasteiger partial charge in [-0.15, -0.1) is 0 Å². The lowest BCUT2D eigenvalue weighted by Crippen LogP contribution is -1.93. The molecular formula is C33H67O5P. The molecule has 6 heteroatoms. The minimum Gasteiger partial charge on any atom is -0.481 e. The molecular weight excluding hydrogens is 507 g/mol. The molecule has 3 N–H and O–H groups in total. The summed E-state index contributed by atoms with van der Waals surface area (Å²) in [6.07, 6.45) is 39.4. The van der Waals surface area contributed by atoms with Crippen LogP contribution in [0.15, 0.2) is 0 Å². The smallest absolute Gasteiger partial charge is 0.325 e. The summed E-state index contributed by atoms with van der Waals surface area (Å²) in [6, 6.07) is 0. The summed E-state index contributed by atoms with van der Waals surface area (Å²) < 4.78 is 10.8. The van der Waals surface area contributed by atoms with E-state index in [1.165, 1.54) is 161 Å². The molecule has 0 saturated carbocycles. The van der Waals surface area contributed by atoms with Gasteiger partial charge in [-0.2, -0.15) is 0 Å². The Kier molecular flexibility index (Phi) is 30.3. The molecule has 0 radical (unpaired) electrons. The van der Waals surface area contributed by atoms with Crippen molar-refractivity contribution in [3.8, 4) is 0 Å². The molecule has 0 fully saturated rings. The van der Waals surface area contributed by atoms with Gasteiger partial charge < -0.3 is 14.9 Å². The summed E-state index contributed by atoms with van der Waals surface area (Å²) in [5, 5.41) is 8.62. The number of hydrogen-bond donors (Lipinski definition) is 3. The van der Waals surface area contributed by atoms with Crippen LogP contribution in [0.25, 0.3) is 0 Å². The van der Waals surface area contributed by atoms with Crippen LogP contribution in [0, 0.1) is 0 Å².